The lowest BCUT2D eigenvalue weighted by molar-refractivity contribution is 0.468. The highest BCUT2D eigenvalue weighted by atomic mass is 79.9. The molecule has 0 spiro atoms. The molecular formula is C27H22Br4O4. The van der Waals surface area contributed by atoms with Gasteiger partial charge in [0.25, 0.3) is 0 Å². The van der Waals surface area contributed by atoms with Crippen LogP contribution >= 0.6 is 63.7 Å². The van der Waals surface area contributed by atoms with Crippen molar-refractivity contribution in [2.45, 2.75) is 19.3 Å². The van der Waals surface area contributed by atoms with Crippen molar-refractivity contribution in [3.05, 3.63) is 113 Å². The molecule has 4 aromatic carbocycles. The summed E-state index contributed by atoms with van der Waals surface area (Å²) in [5.41, 5.74) is 4.37. The number of rotatable bonds is 4. The summed E-state index contributed by atoms with van der Waals surface area (Å²) in [6.07, 6.45) is 0.689. The van der Waals surface area contributed by atoms with Crippen molar-refractivity contribution >= 4 is 63.7 Å². The Bertz CT molecular complexity index is 1160. The van der Waals surface area contributed by atoms with Gasteiger partial charge in [-0.1, -0.05) is 31.2 Å². The van der Waals surface area contributed by atoms with E-state index in [1.54, 1.807) is 24.3 Å². The fourth-order valence-corrected chi connectivity index (χ4v) is 5.96. The predicted molar refractivity (Wildman–Crippen MR) is 154 cm³/mol. The van der Waals surface area contributed by atoms with Gasteiger partial charge in [0.05, 0.1) is 17.9 Å². The quantitative estimate of drug-likeness (QED) is 0.169. The van der Waals surface area contributed by atoms with Gasteiger partial charge < -0.3 is 20.4 Å². The van der Waals surface area contributed by atoms with Crippen LogP contribution in [0.25, 0.3) is 0 Å². The van der Waals surface area contributed by atoms with Crippen LogP contribution in [-0.2, 0) is 6.42 Å². The van der Waals surface area contributed by atoms with Crippen LogP contribution < -0.4 is 0 Å². The first-order valence-corrected chi connectivity index (χ1v) is 13.6. The molecule has 0 aliphatic heterocycles. The fraction of sp³-hybridized carbons (Fsp3) is 0.111. The summed E-state index contributed by atoms with van der Waals surface area (Å²) in [5.74, 6) is 1.19. The normalized spacial score (nSPS) is 10.7. The van der Waals surface area contributed by atoms with Gasteiger partial charge in [0.15, 0.2) is 0 Å². The van der Waals surface area contributed by atoms with E-state index in [2.05, 4.69) is 70.6 Å². The molecule has 0 radical (unpaired) electrons. The van der Waals surface area contributed by atoms with Crippen LogP contribution in [0.4, 0.5) is 0 Å². The largest absolute Gasteiger partial charge is 0.508 e. The monoisotopic (exact) mass is 726 g/mol. The number of phenolic OH excluding ortho intramolecular Hbond substituents is 4. The number of halogens is 4. The van der Waals surface area contributed by atoms with Crippen molar-refractivity contribution in [2.75, 3.05) is 0 Å². The van der Waals surface area contributed by atoms with Gasteiger partial charge in [0.2, 0.25) is 0 Å². The first-order chi connectivity index (χ1) is 16.5. The summed E-state index contributed by atoms with van der Waals surface area (Å²) < 4.78 is 2.59. The van der Waals surface area contributed by atoms with Gasteiger partial charge in [0, 0.05) is 5.92 Å². The van der Waals surface area contributed by atoms with Crippen LogP contribution in [0, 0.1) is 0 Å². The third-order valence-corrected chi connectivity index (χ3v) is 7.77. The van der Waals surface area contributed by atoms with E-state index in [-0.39, 0.29) is 28.9 Å². The summed E-state index contributed by atoms with van der Waals surface area (Å²) in [4.78, 5) is 0. The third-order valence-electron chi connectivity index (χ3n) is 5.35. The van der Waals surface area contributed by atoms with Crippen molar-refractivity contribution in [3.8, 4) is 23.0 Å². The summed E-state index contributed by atoms with van der Waals surface area (Å²) >= 11 is 13.2. The molecule has 4 rings (SSSR count). The second kappa shape index (κ2) is 12.3. The fourth-order valence-electron chi connectivity index (χ4n) is 3.39. The molecule has 0 unspecified atom stereocenters. The lowest BCUT2D eigenvalue weighted by Crippen LogP contribution is -1.94. The molecule has 0 aliphatic carbocycles. The number of aromatic hydroxyl groups is 4. The molecular weight excluding hydrogens is 708 g/mol. The maximum atomic E-state index is 9.68. The molecule has 0 bridgehead atoms. The Morgan fingerprint density at radius 3 is 1.11 bits per heavy atom. The average Bonchev–Trinajstić information content (AvgIpc) is 2.82. The highest BCUT2D eigenvalue weighted by Crippen LogP contribution is 2.36. The van der Waals surface area contributed by atoms with E-state index >= 15 is 0 Å². The predicted octanol–water partition coefficient (Wildman–Crippen LogP) is 8.99. The molecule has 35 heavy (non-hydrogen) atoms. The van der Waals surface area contributed by atoms with Crippen LogP contribution in [-0.4, -0.2) is 20.4 Å². The van der Waals surface area contributed by atoms with Gasteiger partial charge in [-0.3, -0.25) is 0 Å². The molecule has 8 heteroatoms. The Kier molecular flexibility index (Phi) is 9.69. The summed E-state index contributed by atoms with van der Waals surface area (Å²) in [6, 6.07) is 21.9. The second-order valence-electron chi connectivity index (χ2n) is 7.90. The lowest BCUT2D eigenvalue weighted by Gasteiger charge is -2.12. The van der Waals surface area contributed by atoms with Crippen molar-refractivity contribution in [3.63, 3.8) is 0 Å². The summed E-state index contributed by atoms with van der Waals surface area (Å²) in [7, 11) is 0. The molecule has 0 amide bonds. The Morgan fingerprint density at radius 1 is 0.543 bits per heavy atom. The summed E-state index contributed by atoms with van der Waals surface area (Å²) in [6.45, 7) is 2.10. The van der Waals surface area contributed by atoms with Gasteiger partial charge in [-0.15, -0.1) is 0 Å². The highest BCUT2D eigenvalue weighted by Gasteiger charge is 2.10. The zero-order valence-electron chi connectivity index (χ0n) is 18.5. The molecule has 0 fully saturated rings. The molecule has 0 atom stereocenters. The van der Waals surface area contributed by atoms with Crippen molar-refractivity contribution in [1.82, 2.24) is 0 Å². The first kappa shape index (κ1) is 27.6. The van der Waals surface area contributed by atoms with Gasteiger partial charge in [-0.2, -0.15) is 0 Å². The molecule has 4 N–H and O–H groups in total. The maximum absolute atomic E-state index is 9.68. The number of phenols is 4. The molecule has 0 heterocycles. The number of benzene rings is 4. The molecule has 0 saturated carbocycles. The Morgan fingerprint density at radius 2 is 0.829 bits per heavy atom. The van der Waals surface area contributed by atoms with Crippen molar-refractivity contribution in [2.24, 2.45) is 0 Å². The van der Waals surface area contributed by atoms with Gasteiger partial charge in [0.1, 0.15) is 23.0 Å². The van der Waals surface area contributed by atoms with Gasteiger partial charge in [-0.25, -0.2) is 0 Å². The van der Waals surface area contributed by atoms with Gasteiger partial charge in [-0.05, 0) is 141 Å². The van der Waals surface area contributed by atoms with Crippen LogP contribution in [0.2, 0.25) is 0 Å². The van der Waals surface area contributed by atoms with E-state index in [4.69, 9.17) is 0 Å². The van der Waals surface area contributed by atoms with E-state index in [0.717, 1.165) is 22.3 Å². The third kappa shape index (κ3) is 7.49. The van der Waals surface area contributed by atoms with Crippen molar-refractivity contribution < 1.29 is 20.4 Å². The number of hydrogen-bond acceptors (Lipinski definition) is 4. The lowest BCUT2D eigenvalue weighted by atomic mass is 9.93. The maximum Gasteiger partial charge on any atom is 0.143 e. The van der Waals surface area contributed by atoms with Crippen LogP contribution in [0.5, 0.6) is 23.0 Å². The smallest absolute Gasteiger partial charge is 0.143 e. The molecule has 4 aromatic rings. The molecule has 0 aromatic heterocycles. The Balaban J connectivity index is 0.000000198. The zero-order valence-corrected chi connectivity index (χ0v) is 24.9. The van der Waals surface area contributed by atoms with E-state index in [0.29, 0.717) is 24.3 Å². The average molecular weight is 730 g/mol. The minimum Gasteiger partial charge on any atom is -0.508 e. The van der Waals surface area contributed by atoms with Crippen LogP contribution in [0.1, 0.15) is 35.1 Å². The zero-order chi connectivity index (χ0) is 25.7. The molecule has 0 saturated heterocycles. The second-order valence-corrected chi connectivity index (χ2v) is 11.3. The van der Waals surface area contributed by atoms with Crippen LogP contribution in [0.15, 0.2) is 90.7 Å². The minimum absolute atomic E-state index is 0.191. The summed E-state index contributed by atoms with van der Waals surface area (Å²) in [5, 5.41) is 37.8. The van der Waals surface area contributed by atoms with E-state index < -0.39 is 0 Å². The SMILES string of the molecule is CC(c1ccc(O)cc1)c1ccc(O)cc1.Oc1c(Br)cc(Cc2cc(Br)c(O)c(Br)c2)cc1Br. The van der Waals surface area contributed by atoms with E-state index in [1.165, 1.54) is 0 Å². The molecule has 182 valence electrons. The minimum atomic E-state index is 0.191. The van der Waals surface area contributed by atoms with E-state index in [9.17, 15) is 20.4 Å². The topological polar surface area (TPSA) is 80.9 Å². The number of hydrogen-bond donors (Lipinski definition) is 4. The highest BCUT2D eigenvalue weighted by molar-refractivity contribution is 9.11. The first-order valence-electron chi connectivity index (χ1n) is 10.5. The van der Waals surface area contributed by atoms with Gasteiger partial charge >= 0.3 is 0 Å². The standard InChI is InChI=1S/C14H14O2.C13H8Br4O2/c1-10(11-2-6-13(15)7-3-11)12-4-8-14(16)9-5-12;14-8-2-6(3-9(15)12(8)18)1-7-4-10(16)13(19)11(17)5-7/h2-10,15-16H,1H3;2-5,18-19H,1H2. The molecule has 4 nitrogen and oxygen atoms in total. The van der Waals surface area contributed by atoms with Crippen molar-refractivity contribution in [1.29, 1.82) is 0 Å². The van der Waals surface area contributed by atoms with Crippen LogP contribution in [0.3, 0.4) is 0 Å². The Labute approximate surface area is 237 Å². The van der Waals surface area contributed by atoms with E-state index in [1.807, 2.05) is 48.5 Å². The Hall–Kier alpha value is -2.00. The molecule has 0 aliphatic rings.